The first-order valence-corrected chi connectivity index (χ1v) is 12.9. The molecular formula is C28H37FN4OS. The lowest BCUT2D eigenvalue weighted by atomic mass is 9.99. The second-order valence-electron chi connectivity index (χ2n) is 9.39. The van der Waals surface area contributed by atoms with E-state index >= 15 is 0 Å². The number of piperidine rings is 1. The van der Waals surface area contributed by atoms with E-state index in [0.717, 1.165) is 59.0 Å². The van der Waals surface area contributed by atoms with Gasteiger partial charge in [-0.05, 0) is 88.2 Å². The molecule has 1 aromatic carbocycles. The van der Waals surface area contributed by atoms with Crippen molar-refractivity contribution in [3.63, 3.8) is 0 Å². The SMILES string of the molecule is C=C(NCc1cnc(C(C)(C)F)nc1)c1cc(OCC2CCNCC2)cc(C(=C)S/C(C)=C\C)c1. The molecule has 2 N–H and O–H groups in total. The Kier molecular flexibility index (Phi) is 9.52. The highest BCUT2D eigenvalue weighted by Crippen LogP contribution is 2.35. The van der Waals surface area contributed by atoms with Crippen molar-refractivity contribution in [2.75, 3.05) is 19.7 Å². The molecule has 0 radical (unpaired) electrons. The van der Waals surface area contributed by atoms with E-state index in [0.29, 0.717) is 19.1 Å². The Labute approximate surface area is 213 Å². The van der Waals surface area contributed by atoms with Crippen LogP contribution in [0.2, 0.25) is 0 Å². The number of thioether (sulfide) groups is 1. The molecule has 1 fully saturated rings. The van der Waals surface area contributed by atoms with Crippen LogP contribution in [-0.4, -0.2) is 29.7 Å². The van der Waals surface area contributed by atoms with Crippen molar-refractivity contribution in [2.24, 2.45) is 5.92 Å². The monoisotopic (exact) mass is 496 g/mol. The van der Waals surface area contributed by atoms with Crippen molar-refractivity contribution in [2.45, 2.75) is 52.8 Å². The van der Waals surface area contributed by atoms with Gasteiger partial charge in [0.1, 0.15) is 5.75 Å². The lowest BCUT2D eigenvalue weighted by Gasteiger charge is -2.23. The van der Waals surface area contributed by atoms with E-state index in [1.54, 1.807) is 24.2 Å². The highest BCUT2D eigenvalue weighted by molar-refractivity contribution is 8.11. The van der Waals surface area contributed by atoms with Crippen LogP contribution in [0, 0.1) is 5.92 Å². The lowest BCUT2D eigenvalue weighted by molar-refractivity contribution is 0.206. The summed E-state index contributed by atoms with van der Waals surface area (Å²) in [5.74, 6) is 1.55. The Morgan fingerprint density at radius 1 is 1.20 bits per heavy atom. The molecule has 1 aliphatic rings. The molecule has 0 atom stereocenters. The van der Waals surface area contributed by atoms with E-state index in [-0.39, 0.29) is 5.82 Å². The number of allylic oxidation sites excluding steroid dienone is 2. The molecule has 0 unspecified atom stereocenters. The molecule has 1 aromatic heterocycles. The first-order valence-electron chi connectivity index (χ1n) is 12.1. The molecule has 2 heterocycles. The van der Waals surface area contributed by atoms with E-state index in [9.17, 15) is 4.39 Å². The van der Waals surface area contributed by atoms with Gasteiger partial charge in [-0.15, -0.1) is 0 Å². The maximum atomic E-state index is 14.0. The van der Waals surface area contributed by atoms with Crippen LogP contribution in [0.4, 0.5) is 4.39 Å². The van der Waals surface area contributed by atoms with Crippen molar-refractivity contribution in [1.82, 2.24) is 20.6 Å². The van der Waals surface area contributed by atoms with Crippen LogP contribution < -0.4 is 15.4 Å². The average Bonchev–Trinajstić information content (AvgIpc) is 2.86. The van der Waals surface area contributed by atoms with Gasteiger partial charge in [-0.1, -0.05) is 31.0 Å². The van der Waals surface area contributed by atoms with Crippen molar-refractivity contribution in [3.05, 3.63) is 77.2 Å². The van der Waals surface area contributed by atoms with Crippen LogP contribution in [-0.2, 0) is 12.2 Å². The number of halogens is 1. The Hall–Kier alpha value is -2.64. The minimum Gasteiger partial charge on any atom is -0.493 e. The molecule has 0 aliphatic carbocycles. The predicted molar refractivity (Wildman–Crippen MR) is 146 cm³/mol. The van der Waals surface area contributed by atoms with Crippen molar-refractivity contribution in [1.29, 1.82) is 0 Å². The number of alkyl halides is 1. The van der Waals surface area contributed by atoms with Gasteiger partial charge in [0.25, 0.3) is 0 Å². The Morgan fingerprint density at radius 3 is 2.49 bits per heavy atom. The van der Waals surface area contributed by atoms with Gasteiger partial charge in [0, 0.05) is 40.7 Å². The Balaban J connectivity index is 1.74. The van der Waals surface area contributed by atoms with Crippen molar-refractivity contribution >= 4 is 22.4 Å². The van der Waals surface area contributed by atoms with Gasteiger partial charge in [-0.25, -0.2) is 14.4 Å². The number of hydrogen-bond acceptors (Lipinski definition) is 6. The molecule has 3 rings (SSSR count). The topological polar surface area (TPSA) is 59.1 Å². The minimum atomic E-state index is -1.56. The number of benzene rings is 1. The summed E-state index contributed by atoms with van der Waals surface area (Å²) in [4.78, 5) is 10.5. The largest absolute Gasteiger partial charge is 0.493 e. The van der Waals surface area contributed by atoms with Gasteiger partial charge in [-0.2, -0.15) is 0 Å². The van der Waals surface area contributed by atoms with Crippen LogP contribution in [0.1, 0.15) is 63.1 Å². The molecule has 1 aliphatic heterocycles. The smallest absolute Gasteiger partial charge is 0.165 e. The van der Waals surface area contributed by atoms with Crippen LogP contribution in [0.15, 0.2) is 54.7 Å². The van der Waals surface area contributed by atoms with Gasteiger partial charge >= 0.3 is 0 Å². The molecule has 0 bridgehead atoms. The molecule has 7 heteroatoms. The third-order valence-electron chi connectivity index (χ3n) is 5.96. The van der Waals surface area contributed by atoms with Gasteiger partial charge in [0.2, 0.25) is 0 Å². The Bertz CT molecular complexity index is 1050. The fraction of sp³-hybridized carbons (Fsp3) is 0.429. The van der Waals surface area contributed by atoms with Gasteiger partial charge in [0.15, 0.2) is 11.5 Å². The maximum Gasteiger partial charge on any atom is 0.165 e. The first kappa shape index (κ1) is 27.0. The molecule has 0 spiro atoms. The summed E-state index contributed by atoms with van der Waals surface area (Å²) >= 11 is 1.65. The van der Waals surface area contributed by atoms with E-state index in [1.807, 2.05) is 13.0 Å². The van der Waals surface area contributed by atoms with E-state index in [1.165, 1.54) is 18.8 Å². The quantitative estimate of drug-likeness (QED) is 0.373. The van der Waals surface area contributed by atoms with E-state index < -0.39 is 5.67 Å². The number of hydrogen-bond donors (Lipinski definition) is 2. The fourth-order valence-corrected chi connectivity index (χ4v) is 4.40. The molecule has 2 aromatic rings. The van der Waals surface area contributed by atoms with Crippen molar-refractivity contribution < 1.29 is 9.13 Å². The molecule has 0 saturated carbocycles. The van der Waals surface area contributed by atoms with Gasteiger partial charge < -0.3 is 15.4 Å². The second-order valence-corrected chi connectivity index (χ2v) is 10.7. The lowest BCUT2D eigenvalue weighted by Crippen LogP contribution is -2.30. The van der Waals surface area contributed by atoms with E-state index in [4.69, 9.17) is 4.74 Å². The fourth-order valence-electron chi connectivity index (χ4n) is 3.66. The van der Waals surface area contributed by atoms with Crippen molar-refractivity contribution in [3.8, 4) is 5.75 Å². The van der Waals surface area contributed by atoms with Crippen LogP contribution in [0.25, 0.3) is 10.6 Å². The van der Waals surface area contributed by atoms with E-state index in [2.05, 4.69) is 58.9 Å². The van der Waals surface area contributed by atoms with Gasteiger partial charge in [0.05, 0.1) is 6.61 Å². The summed E-state index contributed by atoms with van der Waals surface area (Å²) < 4.78 is 20.3. The zero-order chi connectivity index (χ0) is 25.4. The van der Waals surface area contributed by atoms with Crippen LogP contribution in [0.3, 0.4) is 0 Å². The third-order valence-corrected chi connectivity index (χ3v) is 6.99. The molecule has 35 heavy (non-hydrogen) atoms. The number of nitrogens with zero attached hydrogens (tertiary/aromatic N) is 2. The summed E-state index contributed by atoms with van der Waals surface area (Å²) in [5, 5.41) is 6.74. The van der Waals surface area contributed by atoms with Crippen LogP contribution in [0.5, 0.6) is 5.75 Å². The predicted octanol–water partition coefficient (Wildman–Crippen LogP) is 6.45. The number of aromatic nitrogens is 2. The van der Waals surface area contributed by atoms with Crippen LogP contribution >= 0.6 is 11.8 Å². The average molecular weight is 497 g/mol. The standard InChI is InChI=1S/C28H37FN4OS/c1-7-19(2)35-21(4)25-12-24(13-26(14-25)34-18-22-8-10-30-11-9-22)20(3)31-15-23-16-32-27(33-17-23)28(5,6)29/h7,12-14,16-17,22,30-31H,3-4,8-11,15,18H2,1-2,5-6H3/b19-7-. The Morgan fingerprint density at radius 2 is 1.86 bits per heavy atom. The number of nitrogens with one attached hydrogen (secondary N) is 2. The zero-order valence-electron chi connectivity index (χ0n) is 21.3. The molecule has 0 amide bonds. The maximum absolute atomic E-state index is 14.0. The van der Waals surface area contributed by atoms with Gasteiger partial charge in [-0.3, -0.25) is 0 Å². The second kappa shape index (κ2) is 12.4. The number of ether oxygens (including phenoxy) is 1. The molecule has 188 valence electrons. The summed E-state index contributed by atoms with van der Waals surface area (Å²) in [5.41, 5.74) is 1.99. The molecule has 5 nitrogen and oxygen atoms in total. The molecular weight excluding hydrogens is 459 g/mol. The highest BCUT2D eigenvalue weighted by Gasteiger charge is 2.22. The normalized spacial score (nSPS) is 15.1. The summed E-state index contributed by atoms with van der Waals surface area (Å²) in [6, 6.07) is 6.16. The third kappa shape index (κ3) is 8.22. The molecule has 1 saturated heterocycles. The summed E-state index contributed by atoms with van der Waals surface area (Å²) in [6.45, 7) is 18.8. The summed E-state index contributed by atoms with van der Waals surface area (Å²) in [7, 11) is 0. The first-order chi connectivity index (χ1) is 16.7. The highest BCUT2D eigenvalue weighted by atomic mass is 32.2. The minimum absolute atomic E-state index is 0.177. The number of rotatable bonds is 11. The zero-order valence-corrected chi connectivity index (χ0v) is 22.1. The summed E-state index contributed by atoms with van der Waals surface area (Å²) in [6.07, 6.45) is 7.62.